The summed E-state index contributed by atoms with van der Waals surface area (Å²) in [5.41, 5.74) is 8.32. The normalized spacial score (nSPS) is 22.5. The Morgan fingerprint density at radius 1 is 1.35 bits per heavy atom. The highest BCUT2D eigenvalue weighted by atomic mass is 16.5. The van der Waals surface area contributed by atoms with Crippen molar-refractivity contribution in [2.75, 3.05) is 25.1 Å². The quantitative estimate of drug-likeness (QED) is 0.872. The Morgan fingerprint density at radius 2 is 2.06 bits per heavy atom. The highest BCUT2D eigenvalue weighted by Crippen LogP contribution is 2.22. The lowest BCUT2D eigenvalue weighted by Gasteiger charge is -2.33. The first-order chi connectivity index (χ1) is 8.20. The second-order valence-electron chi connectivity index (χ2n) is 4.83. The number of hydrogen-bond donors (Lipinski definition) is 1. The monoisotopic (exact) mass is 234 g/mol. The first kappa shape index (κ1) is 12.4. The topological polar surface area (TPSA) is 38.5 Å². The van der Waals surface area contributed by atoms with Gasteiger partial charge in [-0.3, -0.25) is 0 Å². The van der Waals surface area contributed by atoms with E-state index in [0.29, 0.717) is 6.10 Å². The van der Waals surface area contributed by atoms with Crippen LogP contribution in [0.25, 0.3) is 0 Å². The van der Waals surface area contributed by atoms with Crippen LogP contribution in [-0.4, -0.2) is 26.3 Å². The lowest BCUT2D eigenvalue weighted by Crippen LogP contribution is -2.39. The molecule has 2 rings (SSSR count). The molecule has 1 heterocycles. The second kappa shape index (κ2) is 5.52. The predicted molar refractivity (Wildman–Crippen MR) is 71.3 cm³/mol. The third kappa shape index (κ3) is 2.99. The molecule has 3 nitrogen and oxygen atoms in total. The van der Waals surface area contributed by atoms with Gasteiger partial charge in [0.25, 0.3) is 0 Å². The SMILES string of the molecule is COC1CCCN(c2ccc(C(C)N)cc2)C1. The molecule has 17 heavy (non-hydrogen) atoms. The Morgan fingerprint density at radius 3 is 2.65 bits per heavy atom. The zero-order valence-corrected chi connectivity index (χ0v) is 10.7. The molecule has 2 atom stereocenters. The molecule has 1 aliphatic rings. The van der Waals surface area contributed by atoms with E-state index < -0.39 is 0 Å². The number of methoxy groups -OCH3 is 1. The zero-order chi connectivity index (χ0) is 12.3. The maximum Gasteiger partial charge on any atom is 0.0746 e. The highest BCUT2D eigenvalue weighted by molar-refractivity contribution is 5.48. The van der Waals surface area contributed by atoms with Crippen LogP contribution < -0.4 is 10.6 Å². The summed E-state index contributed by atoms with van der Waals surface area (Å²) in [5.74, 6) is 0. The van der Waals surface area contributed by atoms with Crippen molar-refractivity contribution in [3.8, 4) is 0 Å². The van der Waals surface area contributed by atoms with E-state index in [4.69, 9.17) is 10.5 Å². The smallest absolute Gasteiger partial charge is 0.0746 e. The van der Waals surface area contributed by atoms with E-state index in [-0.39, 0.29) is 6.04 Å². The number of benzene rings is 1. The summed E-state index contributed by atoms with van der Waals surface area (Å²) in [7, 11) is 1.80. The molecule has 1 aromatic carbocycles. The van der Waals surface area contributed by atoms with Crippen LogP contribution in [0.15, 0.2) is 24.3 Å². The summed E-state index contributed by atoms with van der Waals surface area (Å²) >= 11 is 0. The predicted octanol–water partition coefficient (Wildman–Crippen LogP) is 2.32. The molecule has 1 saturated heterocycles. The number of nitrogens with zero attached hydrogens (tertiary/aromatic N) is 1. The Balaban J connectivity index is 2.06. The van der Waals surface area contributed by atoms with Crippen molar-refractivity contribution in [1.29, 1.82) is 0 Å². The Labute approximate surface area is 104 Å². The first-order valence-corrected chi connectivity index (χ1v) is 6.34. The fraction of sp³-hybridized carbons (Fsp3) is 0.571. The molecule has 1 aromatic rings. The van der Waals surface area contributed by atoms with Gasteiger partial charge in [0.1, 0.15) is 0 Å². The average molecular weight is 234 g/mol. The molecule has 0 aromatic heterocycles. The molecule has 0 amide bonds. The molecular formula is C14H22N2O. The molecule has 2 unspecified atom stereocenters. The molecule has 1 aliphatic heterocycles. The Bertz CT molecular complexity index is 348. The fourth-order valence-corrected chi connectivity index (χ4v) is 2.35. The maximum atomic E-state index is 5.85. The van der Waals surface area contributed by atoms with E-state index in [9.17, 15) is 0 Å². The number of ether oxygens (including phenoxy) is 1. The minimum Gasteiger partial charge on any atom is -0.380 e. The van der Waals surface area contributed by atoms with Gasteiger partial charge in [-0.2, -0.15) is 0 Å². The molecule has 3 heteroatoms. The van der Waals surface area contributed by atoms with Crippen LogP contribution in [0.5, 0.6) is 0 Å². The lowest BCUT2D eigenvalue weighted by molar-refractivity contribution is 0.0893. The van der Waals surface area contributed by atoms with Gasteiger partial charge in [0.2, 0.25) is 0 Å². The minimum absolute atomic E-state index is 0.108. The van der Waals surface area contributed by atoms with E-state index >= 15 is 0 Å². The summed E-state index contributed by atoms with van der Waals surface area (Å²) in [5, 5.41) is 0. The third-order valence-corrected chi connectivity index (χ3v) is 3.50. The van der Waals surface area contributed by atoms with Crippen molar-refractivity contribution >= 4 is 5.69 Å². The average Bonchev–Trinajstić information content (AvgIpc) is 2.39. The number of piperidine rings is 1. The molecule has 0 aliphatic carbocycles. The number of anilines is 1. The summed E-state index contributed by atoms with van der Waals surface area (Å²) in [6.45, 7) is 4.13. The number of rotatable bonds is 3. The zero-order valence-electron chi connectivity index (χ0n) is 10.7. The van der Waals surface area contributed by atoms with Crippen molar-refractivity contribution in [2.45, 2.75) is 31.9 Å². The Kier molecular flexibility index (Phi) is 4.02. The van der Waals surface area contributed by atoms with Gasteiger partial charge in [-0.1, -0.05) is 12.1 Å². The maximum absolute atomic E-state index is 5.85. The van der Waals surface area contributed by atoms with Crippen LogP contribution in [0.3, 0.4) is 0 Å². The molecule has 0 radical (unpaired) electrons. The molecule has 94 valence electrons. The number of hydrogen-bond acceptors (Lipinski definition) is 3. The van der Waals surface area contributed by atoms with Gasteiger partial charge in [0, 0.05) is 31.9 Å². The van der Waals surface area contributed by atoms with Gasteiger partial charge in [-0.05, 0) is 37.5 Å². The van der Waals surface area contributed by atoms with Crippen LogP contribution in [0.1, 0.15) is 31.4 Å². The molecule has 0 spiro atoms. The largest absolute Gasteiger partial charge is 0.380 e. The van der Waals surface area contributed by atoms with Crippen LogP contribution in [0, 0.1) is 0 Å². The molecule has 0 saturated carbocycles. The highest BCUT2D eigenvalue weighted by Gasteiger charge is 2.19. The van der Waals surface area contributed by atoms with Crippen LogP contribution in [0.4, 0.5) is 5.69 Å². The van der Waals surface area contributed by atoms with E-state index in [0.717, 1.165) is 13.1 Å². The Hall–Kier alpha value is -1.06. The van der Waals surface area contributed by atoms with Gasteiger partial charge >= 0.3 is 0 Å². The summed E-state index contributed by atoms with van der Waals surface area (Å²) in [6.07, 6.45) is 2.75. The third-order valence-electron chi connectivity index (χ3n) is 3.50. The first-order valence-electron chi connectivity index (χ1n) is 6.34. The van der Waals surface area contributed by atoms with Gasteiger partial charge < -0.3 is 15.4 Å². The summed E-state index contributed by atoms with van der Waals surface area (Å²) in [4.78, 5) is 2.39. The molecular weight excluding hydrogens is 212 g/mol. The van der Waals surface area contributed by atoms with Crippen LogP contribution in [0.2, 0.25) is 0 Å². The van der Waals surface area contributed by atoms with Crippen molar-refractivity contribution in [2.24, 2.45) is 5.73 Å². The molecule has 0 bridgehead atoms. The van der Waals surface area contributed by atoms with Crippen molar-refractivity contribution in [3.05, 3.63) is 29.8 Å². The lowest BCUT2D eigenvalue weighted by atomic mass is 10.1. The van der Waals surface area contributed by atoms with Gasteiger partial charge in [0.05, 0.1) is 6.10 Å². The van der Waals surface area contributed by atoms with E-state index in [1.807, 2.05) is 6.92 Å². The van der Waals surface area contributed by atoms with E-state index in [2.05, 4.69) is 29.2 Å². The van der Waals surface area contributed by atoms with E-state index in [1.165, 1.54) is 24.1 Å². The number of nitrogens with two attached hydrogens (primary N) is 1. The summed E-state index contributed by atoms with van der Waals surface area (Å²) < 4.78 is 5.44. The summed E-state index contributed by atoms with van der Waals surface area (Å²) in [6, 6.07) is 8.68. The minimum atomic E-state index is 0.108. The molecule has 1 fully saturated rings. The fourth-order valence-electron chi connectivity index (χ4n) is 2.35. The molecule has 2 N–H and O–H groups in total. The van der Waals surface area contributed by atoms with Crippen molar-refractivity contribution in [1.82, 2.24) is 0 Å². The second-order valence-corrected chi connectivity index (χ2v) is 4.83. The van der Waals surface area contributed by atoms with Crippen LogP contribution in [-0.2, 0) is 4.74 Å². The van der Waals surface area contributed by atoms with Gasteiger partial charge in [-0.15, -0.1) is 0 Å². The van der Waals surface area contributed by atoms with Gasteiger partial charge in [0.15, 0.2) is 0 Å². The van der Waals surface area contributed by atoms with Crippen LogP contribution >= 0.6 is 0 Å². The van der Waals surface area contributed by atoms with Crippen molar-refractivity contribution in [3.63, 3.8) is 0 Å². The van der Waals surface area contributed by atoms with Gasteiger partial charge in [-0.25, -0.2) is 0 Å². The standard InChI is InChI=1S/C14H22N2O/c1-11(15)12-5-7-13(8-6-12)16-9-3-4-14(10-16)17-2/h5-8,11,14H,3-4,9-10,15H2,1-2H3. The van der Waals surface area contributed by atoms with Crippen molar-refractivity contribution < 1.29 is 4.74 Å². The van der Waals surface area contributed by atoms with E-state index in [1.54, 1.807) is 7.11 Å².